The van der Waals surface area contributed by atoms with Crippen molar-refractivity contribution in [3.63, 3.8) is 0 Å². The van der Waals surface area contributed by atoms with Crippen LogP contribution in [0.3, 0.4) is 0 Å². The van der Waals surface area contributed by atoms with Crippen LogP contribution in [0.25, 0.3) is 0 Å². The van der Waals surface area contributed by atoms with E-state index in [-0.39, 0.29) is 23.9 Å². The van der Waals surface area contributed by atoms with Crippen molar-refractivity contribution in [3.8, 4) is 11.5 Å². The summed E-state index contributed by atoms with van der Waals surface area (Å²) in [7, 11) is 1.32. The van der Waals surface area contributed by atoms with Crippen molar-refractivity contribution >= 4 is 5.97 Å². The number of hydrogen-bond donors (Lipinski definition) is 2. The molecule has 0 saturated heterocycles. The predicted octanol–water partition coefficient (Wildman–Crippen LogP) is 1.20. The minimum absolute atomic E-state index is 0.00938. The Bertz CT molecular complexity index is 313. The zero-order chi connectivity index (χ0) is 10.6. The lowest BCUT2D eigenvalue weighted by Crippen LogP contribution is -2.01. The highest BCUT2D eigenvalue weighted by Gasteiger charge is 2.03. The summed E-state index contributed by atoms with van der Waals surface area (Å²) < 4.78 is 4.47. The fraction of sp³-hybridized carbons (Fsp3) is 0.300. The molecule has 0 aliphatic carbocycles. The minimum Gasteiger partial charge on any atom is -0.508 e. The van der Waals surface area contributed by atoms with Crippen molar-refractivity contribution in [2.24, 2.45) is 0 Å². The van der Waals surface area contributed by atoms with E-state index in [0.717, 1.165) is 0 Å². The minimum atomic E-state index is -0.312. The van der Waals surface area contributed by atoms with Crippen LogP contribution in [0.15, 0.2) is 18.2 Å². The van der Waals surface area contributed by atoms with E-state index in [2.05, 4.69) is 4.74 Å². The van der Waals surface area contributed by atoms with Crippen LogP contribution in [-0.2, 0) is 16.0 Å². The molecule has 76 valence electrons. The van der Waals surface area contributed by atoms with E-state index in [4.69, 9.17) is 10.2 Å². The number of phenols is 2. The van der Waals surface area contributed by atoms with Crippen LogP contribution in [0.2, 0.25) is 0 Å². The number of hydrogen-bond acceptors (Lipinski definition) is 4. The summed E-state index contributed by atoms with van der Waals surface area (Å²) in [5.41, 5.74) is 0.702. The third kappa shape index (κ3) is 2.97. The van der Waals surface area contributed by atoms with Gasteiger partial charge in [-0.3, -0.25) is 4.79 Å². The third-order valence-electron chi connectivity index (χ3n) is 1.81. The second-order valence-corrected chi connectivity index (χ2v) is 2.93. The van der Waals surface area contributed by atoms with Gasteiger partial charge >= 0.3 is 5.97 Å². The third-order valence-corrected chi connectivity index (χ3v) is 1.81. The van der Waals surface area contributed by atoms with Crippen molar-refractivity contribution in [3.05, 3.63) is 23.8 Å². The molecule has 2 N–H and O–H groups in total. The Morgan fingerprint density at radius 1 is 1.29 bits per heavy atom. The van der Waals surface area contributed by atoms with Gasteiger partial charge in [-0.2, -0.15) is 0 Å². The van der Waals surface area contributed by atoms with Gasteiger partial charge in [-0.1, -0.05) is 0 Å². The summed E-state index contributed by atoms with van der Waals surface area (Å²) in [6.45, 7) is 0. The standard InChI is InChI=1S/C10H12O4/c1-14-10(13)3-2-7-4-8(11)6-9(12)5-7/h4-6,11-12H,2-3H2,1H3. The molecule has 4 nitrogen and oxygen atoms in total. The number of methoxy groups -OCH3 is 1. The molecule has 0 fully saturated rings. The zero-order valence-electron chi connectivity index (χ0n) is 7.86. The molecule has 0 bridgehead atoms. The number of aryl methyl sites for hydroxylation is 1. The van der Waals surface area contributed by atoms with Crippen LogP contribution in [0.5, 0.6) is 11.5 Å². The van der Waals surface area contributed by atoms with Crippen LogP contribution in [0.1, 0.15) is 12.0 Å². The molecule has 4 heteroatoms. The molecule has 1 rings (SSSR count). The van der Waals surface area contributed by atoms with Crippen molar-refractivity contribution in [2.75, 3.05) is 7.11 Å². The molecular formula is C10H12O4. The molecule has 0 radical (unpaired) electrons. The Morgan fingerprint density at radius 2 is 1.86 bits per heavy atom. The Kier molecular flexibility index (Phi) is 3.34. The first kappa shape index (κ1) is 10.4. The number of esters is 1. The average molecular weight is 196 g/mol. The van der Waals surface area contributed by atoms with Gasteiger partial charge in [0.1, 0.15) is 11.5 Å². The van der Waals surface area contributed by atoms with E-state index >= 15 is 0 Å². The highest BCUT2D eigenvalue weighted by atomic mass is 16.5. The predicted molar refractivity (Wildman–Crippen MR) is 50.1 cm³/mol. The molecule has 0 atom stereocenters. The lowest BCUT2D eigenvalue weighted by atomic mass is 10.1. The summed E-state index contributed by atoms with van der Waals surface area (Å²) in [5, 5.41) is 18.3. The maximum Gasteiger partial charge on any atom is 0.305 e. The maximum absolute atomic E-state index is 10.8. The van der Waals surface area contributed by atoms with E-state index in [9.17, 15) is 4.79 Å². The van der Waals surface area contributed by atoms with Crippen molar-refractivity contribution < 1.29 is 19.7 Å². The lowest BCUT2D eigenvalue weighted by Gasteiger charge is -2.02. The van der Waals surface area contributed by atoms with Gasteiger partial charge in [-0.25, -0.2) is 0 Å². The highest BCUT2D eigenvalue weighted by Crippen LogP contribution is 2.21. The first-order valence-electron chi connectivity index (χ1n) is 4.20. The van der Waals surface area contributed by atoms with Gasteiger partial charge in [0.25, 0.3) is 0 Å². The smallest absolute Gasteiger partial charge is 0.305 e. The molecule has 0 spiro atoms. The molecule has 1 aromatic carbocycles. The van der Waals surface area contributed by atoms with Gasteiger partial charge in [0.2, 0.25) is 0 Å². The molecule has 0 saturated carbocycles. The van der Waals surface area contributed by atoms with Gasteiger partial charge in [0.15, 0.2) is 0 Å². The number of rotatable bonds is 3. The van der Waals surface area contributed by atoms with Crippen molar-refractivity contribution in [1.29, 1.82) is 0 Å². The van der Waals surface area contributed by atoms with Gasteiger partial charge < -0.3 is 14.9 Å². The van der Waals surface area contributed by atoms with E-state index < -0.39 is 0 Å². The van der Waals surface area contributed by atoms with Crippen LogP contribution in [-0.4, -0.2) is 23.3 Å². The van der Waals surface area contributed by atoms with E-state index in [0.29, 0.717) is 12.0 Å². The Hall–Kier alpha value is -1.71. The fourth-order valence-electron chi connectivity index (χ4n) is 1.15. The SMILES string of the molecule is COC(=O)CCc1cc(O)cc(O)c1. The number of benzene rings is 1. The molecule has 0 aliphatic heterocycles. The number of aromatic hydroxyl groups is 2. The van der Waals surface area contributed by atoms with Crippen LogP contribution < -0.4 is 0 Å². The lowest BCUT2D eigenvalue weighted by molar-refractivity contribution is -0.140. The second kappa shape index (κ2) is 4.50. The van der Waals surface area contributed by atoms with Gasteiger partial charge in [-0.05, 0) is 24.1 Å². The second-order valence-electron chi connectivity index (χ2n) is 2.93. The summed E-state index contributed by atoms with van der Waals surface area (Å²) in [5.74, 6) is -0.331. The van der Waals surface area contributed by atoms with Gasteiger partial charge in [-0.15, -0.1) is 0 Å². The van der Waals surface area contributed by atoms with Crippen LogP contribution >= 0.6 is 0 Å². The molecule has 1 aromatic rings. The summed E-state index contributed by atoms with van der Waals surface area (Å²) >= 11 is 0. The normalized spacial score (nSPS) is 9.79. The van der Waals surface area contributed by atoms with E-state index in [1.54, 1.807) is 0 Å². The fourth-order valence-corrected chi connectivity index (χ4v) is 1.15. The quantitative estimate of drug-likeness (QED) is 0.713. The molecule has 0 unspecified atom stereocenters. The molecule has 0 heterocycles. The monoisotopic (exact) mass is 196 g/mol. The molecule has 0 aliphatic rings. The average Bonchev–Trinajstić information content (AvgIpc) is 2.12. The summed E-state index contributed by atoms with van der Waals surface area (Å²) in [4.78, 5) is 10.8. The van der Waals surface area contributed by atoms with E-state index in [1.807, 2.05) is 0 Å². The largest absolute Gasteiger partial charge is 0.508 e. The van der Waals surface area contributed by atoms with Crippen LogP contribution in [0.4, 0.5) is 0 Å². The van der Waals surface area contributed by atoms with Crippen molar-refractivity contribution in [1.82, 2.24) is 0 Å². The Morgan fingerprint density at radius 3 is 2.36 bits per heavy atom. The molecule has 14 heavy (non-hydrogen) atoms. The zero-order valence-corrected chi connectivity index (χ0v) is 7.86. The highest BCUT2D eigenvalue weighted by molar-refractivity contribution is 5.69. The van der Waals surface area contributed by atoms with Crippen LogP contribution in [0, 0.1) is 0 Å². The summed E-state index contributed by atoms with van der Waals surface area (Å²) in [6.07, 6.45) is 0.675. The maximum atomic E-state index is 10.8. The summed E-state index contributed by atoms with van der Waals surface area (Å²) in [6, 6.07) is 4.24. The Balaban J connectivity index is 2.63. The Labute approximate surface area is 81.8 Å². The number of carbonyl (C=O) groups is 1. The number of phenolic OH excluding ortho intramolecular Hbond substituents is 2. The molecule has 0 amide bonds. The number of ether oxygens (including phenoxy) is 1. The number of carbonyl (C=O) groups excluding carboxylic acids is 1. The first-order chi connectivity index (χ1) is 6.61. The molecule has 0 aromatic heterocycles. The van der Waals surface area contributed by atoms with Gasteiger partial charge in [0.05, 0.1) is 7.11 Å². The van der Waals surface area contributed by atoms with E-state index in [1.165, 1.54) is 25.3 Å². The van der Waals surface area contributed by atoms with Gasteiger partial charge in [0, 0.05) is 12.5 Å². The van der Waals surface area contributed by atoms with Crippen molar-refractivity contribution in [2.45, 2.75) is 12.8 Å². The topological polar surface area (TPSA) is 66.8 Å². The molecular weight excluding hydrogens is 184 g/mol. The first-order valence-corrected chi connectivity index (χ1v) is 4.20.